The third-order valence-corrected chi connectivity index (χ3v) is 3.26. The van der Waals surface area contributed by atoms with Gasteiger partial charge in [0.25, 0.3) is 5.91 Å². The molecule has 0 radical (unpaired) electrons. The van der Waals surface area contributed by atoms with Crippen molar-refractivity contribution >= 4 is 11.6 Å². The van der Waals surface area contributed by atoms with Crippen molar-refractivity contribution in [1.82, 2.24) is 15.5 Å². The molecule has 1 amide bonds. The minimum Gasteiger partial charge on any atom is -0.496 e. The zero-order valence-corrected chi connectivity index (χ0v) is 12.4. The van der Waals surface area contributed by atoms with E-state index in [1.807, 2.05) is 38.1 Å². The first-order valence-corrected chi connectivity index (χ1v) is 6.78. The van der Waals surface area contributed by atoms with Gasteiger partial charge < -0.3 is 15.8 Å². The number of benzene rings is 1. The quantitative estimate of drug-likeness (QED) is 0.785. The summed E-state index contributed by atoms with van der Waals surface area (Å²) in [5.41, 5.74) is 8.26. The Labute approximate surface area is 123 Å². The number of carbonyl (C=O) groups is 1. The number of aromatic nitrogens is 2. The fraction of sp³-hybridized carbons (Fsp3) is 0.333. The number of anilines is 1. The second-order valence-electron chi connectivity index (χ2n) is 5.05. The molecule has 0 saturated heterocycles. The summed E-state index contributed by atoms with van der Waals surface area (Å²) in [4.78, 5) is 12.2. The molecule has 0 saturated carbocycles. The number of nitrogens with zero attached hydrogens (tertiary/aromatic N) is 1. The van der Waals surface area contributed by atoms with Crippen LogP contribution in [0.15, 0.2) is 24.3 Å². The maximum Gasteiger partial charge on any atom is 0.274 e. The Morgan fingerprint density at radius 2 is 2.14 bits per heavy atom. The number of hydrogen-bond acceptors (Lipinski definition) is 4. The molecule has 21 heavy (non-hydrogen) atoms. The number of hydrogen-bond donors (Lipinski definition) is 3. The van der Waals surface area contributed by atoms with Gasteiger partial charge in [0, 0.05) is 12.1 Å². The third kappa shape index (κ3) is 3.16. The number of para-hydroxylation sites is 1. The standard InChI is InChI=1S/C15H20N4O2/c1-9(2)13-12(16)14(19-18-13)15(20)17-8-10-6-4-5-7-11(10)21-3/h4-7,9H,8,16H2,1-3H3,(H,17,20)(H,18,19). The lowest BCUT2D eigenvalue weighted by Crippen LogP contribution is -2.24. The molecule has 0 atom stereocenters. The smallest absolute Gasteiger partial charge is 0.274 e. The first kappa shape index (κ1) is 14.9. The first-order valence-electron chi connectivity index (χ1n) is 6.78. The van der Waals surface area contributed by atoms with Crippen LogP contribution in [0.3, 0.4) is 0 Å². The van der Waals surface area contributed by atoms with E-state index in [9.17, 15) is 4.79 Å². The van der Waals surface area contributed by atoms with Crippen molar-refractivity contribution in [3.63, 3.8) is 0 Å². The number of H-pyrrole nitrogens is 1. The van der Waals surface area contributed by atoms with Crippen LogP contribution in [-0.4, -0.2) is 23.2 Å². The summed E-state index contributed by atoms with van der Waals surface area (Å²) in [5, 5.41) is 9.61. The van der Waals surface area contributed by atoms with Crippen LogP contribution in [-0.2, 0) is 6.54 Å². The van der Waals surface area contributed by atoms with Gasteiger partial charge in [-0.05, 0) is 12.0 Å². The van der Waals surface area contributed by atoms with Gasteiger partial charge in [-0.3, -0.25) is 9.89 Å². The molecule has 6 nitrogen and oxygen atoms in total. The third-order valence-electron chi connectivity index (χ3n) is 3.26. The van der Waals surface area contributed by atoms with E-state index in [4.69, 9.17) is 10.5 Å². The molecule has 1 heterocycles. The number of amides is 1. The summed E-state index contributed by atoms with van der Waals surface area (Å²) in [5.74, 6) is 0.616. The van der Waals surface area contributed by atoms with Gasteiger partial charge in [-0.25, -0.2) is 0 Å². The molecule has 0 aliphatic rings. The topological polar surface area (TPSA) is 93.0 Å². The molecule has 1 aromatic heterocycles. The van der Waals surface area contributed by atoms with Gasteiger partial charge in [0.1, 0.15) is 5.75 Å². The van der Waals surface area contributed by atoms with Crippen molar-refractivity contribution in [2.75, 3.05) is 12.8 Å². The van der Waals surface area contributed by atoms with Crippen molar-refractivity contribution in [3.05, 3.63) is 41.2 Å². The Hall–Kier alpha value is -2.50. The number of aromatic amines is 1. The van der Waals surface area contributed by atoms with Crippen LogP contribution in [0.5, 0.6) is 5.75 Å². The molecular weight excluding hydrogens is 268 g/mol. The van der Waals surface area contributed by atoms with E-state index in [0.29, 0.717) is 12.2 Å². The second kappa shape index (κ2) is 6.30. The van der Waals surface area contributed by atoms with Gasteiger partial charge >= 0.3 is 0 Å². The molecule has 112 valence electrons. The number of nitrogens with two attached hydrogens (primary N) is 1. The molecule has 0 spiro atoms. The molecule has 0 aliphatic heterocycles. The summed E-state index contributed by atoms with van der Waals surface area (Å²) < 4.78 is 5.24. The van der Waals surface area contributed by atoms with E-state index in [1.165, 1.54) is 0 Å². The van der Waals surface area contributed by atoms with E-state index in [1.54, 1.807) is 7.11 Å². The Bertz CT molecular complexity index is 634. The molecule has 1 aromatic carbocycles. The van der Waals surface area contributed by atoms with Gasteiger partial charge in [0.2, 0.25) is 0 Å². The SMILES string of the molecule is COc1ccccc1CNC(=O)c1n[nH]c(C(C)C)c1N. The van der Waals surface area contributed by atoms with E-state index in [-0.39, 0.29) is 17.5 Å². The van der Waals surface area contributed by atoms with Crippen LogP contribution < -0.4 is 15.8 Å². The summed E-state index contributed by atoms with van der Waals surface area (Å²) >= 11 is 0. The fourth-order valence-electron chi connectivity index (χ4n) is 2.09. The van der Waals surface area contributed by atoms with Gasteiger partial charge in [0.15, 0.2) is 5.69 Å². The van der Waals surface area contributed by atoms with Crippen molar-refractivity contribution < 1.29 is 9.53 Å². The first-order chi connectivity index (χ1) is 10.0. The molecule has 6 heteroatoms. The maximum atomic E-state index is 12.2. The number of nitrogen functional groups attached to an aromatic ring is 1. The van der Waals surface area contributed by atoms with E-state index < -0.39 is 0 Å². The van der Waals surface area contributed by atoms with Gasteiger partial charge in [0.05, 0.1) is 18.5 Å². The number of carbonyl (C=O) groups excluding carboxylic acids is 1. The number of rotatable bonds is 5. The van der Waals surface area contributed by atoms with Crippen LogP contribution in [0.4, 0.5) is 5.69 Å². The highest BCUT2D eigenvalue weighted by Gasteiger charge is 2.18. The molecule has 4 N–H and O–H groups in total. The lowest BCUT2D eigenvalue weighted by atomic mass is 10.1. The largest absolute Gasteiger partial charge is 0.496 e. The Morgan fingerprint density at radius 3 is 2.76 bits per heavy atom. The number of ether oxygens (including phenoxy) is 1. The Kier molecular flexibility index (Phi) is 4.47. The Morgan fingerprint density at radius 1 is 1.43 bits per heavy atom. The molecule has 2 rings (SSSR count). The Balaban J connectivity index is 2.09. The van der Waals surface area contributed by atoms with Crippen LogP contribution >= 0.6 is 0 Å². The van der Waals surface area contributed by atoms with E-state index in [0.717, 1.165) is 17.0 Å². The normalized spacial score (nSPS) is 10.7. The highest BCUT2D eigenvalue weighted by atomic mass is 16.5. The van der Waals surface area contributed by atoms with Gasteiger partial charge in [-0.15, -0.1) is 0 Å². The van der Waals surface area contributed by atoms with Crippen molar-refractivity contribution in [2.24, 2.45) is 0 Å². The predicted octanol–water partition coefficient (Wildman–Crippen LogP) is 2.05. The lowest BCUT2D eigenvalue weighted by Gasteiger charge is -2.09. The average molecular weight is 288 g/mol. The highest BCUT2D eigenvalue weighted by molar-refractivity contribution is 5.97. The lowest BCUT2D eigenvalue weighted by molar-refractivity contribution is 0.0946. The molecule has 0 bridgehead atoms. The number of nitrogens with one attached hydrogen (secondary N) is 2. The maximum absolute atomic E-state index is 12.2. The van der Waals surface area contributed by atoms with Crippen LogP contribution in [0.1, 0.15) is 41.5 Å². The predicted molar refractivity (Wildman–Crippen MR) is 81.3 cm³/mol. The van der Waals surface area contributed by atoms with Crippen LogP contribution in [0, 0.1) is 0 Å². The number of methoxy groups -OCH3 is 1. The monoisotopic (exact) mass is 288 g/mol. The minimum absolute atomic E-state index is 0.188. The summed E-state index contributed by atoms with van der Waals surface area (Å²) in [6.45, 7) is 4.33. The highest BCUT2D eigenvalue weighted by Crippen LogP contribution is 2.22. The van der Waals surface area contributed by atoms with E-state index in [2.05, 4.69) is 15.5 Å². The molecule has 0 aliphatic carbocycles. The zero-order chi connectivity index (χ0) is 15.4. The average Bonchev–Trinajstić information content (AvgIpc) is 2.87. The van der Waals surface area contributed by atoms with Crippen LogP contribution in [0.25, 0.3) is 0 Å². The fourth-order valence-corrected chi connectivity index (χ4v) is 2.09. The van der Waals surface area contributed by atoms with Gasteiger partial charge in [-0.2, -0.15) is 5.10 Å². The van der Waals surface area contributed by atoms with Crippen molar-refractivity contribution in [3.8, 4) is 5.75 Å². The molecular formula is C15H20N4O2. The van der Waals surface area contributed by atoms with Crippen molar-refractivity contribution in [1.29, 1.82) is 0 Å². The summed E-state index contributed by atoms with van der Waals surface area (Å²) in [7, 11) is 1.60. The molecule has 0 unspecified atom stereocenters. The molecule has 2 aromatic rings. The van der Waals surface area contributed by atoms with Crippen molar-refractivity contribution in [2.45, 2.75) is 26.3 Å². The second-order valence-corrected chi connectivity index (χ2v) is 5.05. The molecule has 0 fully saturated rings. The minimum atomic E-state index is -0.304. The van der Waals surface area contributed by atoms with Gasteiger partial charge in [-0.1, -0.05) is 32.0 Å². The summed E-state index contributed by atoms with van der Waals surface area (Å²) in [6.07, 6.45) is 0. The van der Waals surface area contributed by atoms with E-state index >= 15 is 0 Å². The van der Waals surface area contributed by atoms with Crippen LogP contribution in [0.2, 0.25) is 0 Å². The summed E-state index contributed by atoms with van der Waals surface area (Å²) in [6, 6.07) is 7.52. The zero-order valence-electron chi connectivity index (χ0n) is 12.4.